The van der Waals surface area contributed by atoms with Crippen LogP contribution in [0.4, 0.5) is 0 Å². The monoisotopic (exact) mass is 486 g/mol. The van der Waals surface area contributed by atoms with E-state index in [0.717, 1.165) is 24.5 Å². The van der Waals surface area contributed by atoms with Crippen LogP contribution in [0, 0.1) is 0 Å². The van der Waals surface area contributed by atoms with Gasteiger partial charge in [-0.15, -0.1) is 35.3 Å². The van der Waals surface area contributed by atoms with Crippen molar-refractivity contribution in [1.29, 1.82) is 0 Å². The summed E-state index contributed by atoms with van der Waals surface area (Å²) in [5.41, 5.74) is 1.14. The van der Waals surface area contributed by atoms with Gasteiger partial charge in [0.25, 0.3) is 0 Å². The molecule has 0 bridgehead atoms. The van der Waals surface area contributed by atoms with Crippen molar-refractivity contribution in [1.82, 2.24) is 15.5 Å². The number of hydrogen-bond acceptors (Lipinski definition) is 3. The van der Waals surface area contributed by atoms with Gasteiger partial charge in [0.2, 0.25) is 5.91 Å². The molecule has 5 nitrogen and oxygen atoms in total. The van der Waals surface area contributed by atoms with Crippen LogP contribution < -0.4 is 10.6 Å². The lowest BCUT2D eigenvalue weighted by molar-refractivity contribution is -0.130. The standard InChI is InChI=1S/C19H26N4OS.HI/c1-20-19(21-12-10-17-9-6-14-25-17)22-13-11-18(24)23(2)15-16-7-4-3-5-8-16;/h3-9,14H,10-13,15H2,1-2H3,(H2,20,21,22);1H. The van der Waals surface area contributed by atoms with Crippen LogP contribution in [-0.2, 0) is 17.8 Å². The molecule has 0 aliphatic rings. The van der Waals surface area contributed by atoms with Gasteiger partial charge in [-0.25, -0.2) is 0 Å². The van der Waals surface area contributed by atoms with Crippen molar-refractivity contribution < 1.29 is 4.79 Å². The second-order valence-corrected chi connectivity index (χ2v) is 6.77. The highest BCUT2D eigenvalue weighted by Crippen LogP contribution is 2.08. The molecule has 1 amide bonds. The molecule has 1 heterocycles. The summed E-state index contributed by atoms with van der Waals surface area (Å²) in [5.74, 6) is 0.848. The number of guanidine groups is 1. The summed E-state index contributed by atoms with van der Waals surface area (Å²) in [4.78, 5) is 19.5. The third-order valence-electron chi connectivity index (χ3n) is 3.79. The number of hydrogen-bond donors (Lipinski definition) is 2. The number of aliphatic imine (C=N–C) groups is 1. The lowest BCUT2D eigenvalue weighted by Gasteiger charge is -2.18. The molecule has 0 spiro atoms. The van der Waals surface area contributed by atoms with Crippen molar-refractivity contribution in [3.63, 3.8) is 0 Å². The second-order valence-electron chi connectivity index (χ2n) is 5.74. The molecule has 2 rings (SSSR count). The summed E-state index contributed by atoms with van der Waals surface area (Å²) in [6.45, 7) is 2.02. The normalized spacial score (nSPS) is 10.8. The van der Waals surface area contributed by atoms with E-state index in [1.165, 1.54) is 4.88 Å². The lowest BCUT2D eigenvalue weighted by atomic mass is 10.2. The zero-order valence-electron chi connectivity index (χ0n) is 15.3. The van der Waals surface area contributed by atoms with E-state index in [1.54, 1.807) is 23.3 Å². The quantitative estimate of drug-likeness (QED) is 0.343. The molecule has 2 N–H and O–H groups in total. The van der Waals surface area contributed by atoms with Crippen molar-refractivity contribution in [2.24, 2.45) is 4.99 Å². The molecular formula is C19H27IN4OS. The van der Waals surface area contributed by atoms with Crippen molar-refractivity contribution in [3.05, 3.63) is 58.3 Å². The van der Waals surface area contributed by atoms with Crippen LogP contribution in [0.25, 0.3) is 0 Å². The van der Waals surface area contributed by atoms with Crippen LogP contribution in [0.15, 0.2) is 52.8 Å². The number of nitrogens with one attached hydrogen (secondary N) is 2. The number of thiophene rings is 1. The van der Waals surface area contributed by atoms with Crippen LogP contribution >= 0.6 is 35.3 Å². The highest BCUT2D eigenvalue weighted by Gasteiger charge is 2.09. The maximum absolute atomic E-state index is 12.2. The van der Waals surface area contributed by atoms with Gasteiger partial charge in [-0.05, 0) is 23.4 Å². The fraction of sp³-hybridized carbons (Fsp3) is 0.368. The summed E-state index contributed by atoms with van der Waals surface area (Å²) in [6, 6.07) is 14.2. The first-order chi connectivity index (χ1) is 12.2. The second kappa shape index (κ2) is 12.7. The lowest BCUT2D eigenvalue weighted by Crippen LogP contribution is -2.40. The van der Waals surface area contributed by atoms with E-state index in [4.69, 9.17) is 0 Å². The molecule has 0 aliphatic heterocycles. The van der Waals surface area contributed by atoms with Crippen molar-refractivity contribution >= 4 is 47.2 Å². The Morgan fingerprint density at radius 3 is 2.50 bits per heavy atom. The Kier molecular flexibility index (Phi) is 11.0. The van der Waals surface area contributed by atoms with Gasteiger partial charge in [-0.3, -0.25) is 9.79 Å². The number of rotatable bonds is 8. The van der Waals surface area contributed by atoms with E-state index >= 15 is 0 Å². The SMILES string of the molecule is CN=C(NCCC(=O)N(C)Cc1ccccc1)NCCc1cccs1.I. The van der Waals surface area contributed by atoms with Crippen LogP contribution in [0.5, 0.6) is 0 Å². The topological polar surface area (TPSA) is 56.7 Å². The number of carbonyl (C=O) groups excluding carboxylic acids is 1. The molecular weight excluding hydrogens is 459 g/mol. The minimum absolute atomic E-state index is 0. The molecule has 0 radical (unpaired) electrons. The fourth-order valence-electron chi connectivity index (χ4n) is 2.40. The number of benzene rings is 1. The molecule has 2 aromatic rings. The fourth-order valence-corrected chi connectivity index (χ4v) is 3.11. The molecule has 26 heavy (non-hydrogen) atoms. The van der Waals surface area contributed by atoms with Crippen LogP contribution in [0.1, 0.15) is 16.9 Å². The summed E-state index contributed by atoms with van der Waals surface area (Å²) in [7, 11) is 3.58. The summed E-state index contributed by atoms with van der Waals surface area (Å²) < 4.78 is 0. The van der Waals surface area contributed by atoms with Gasteiger partial charge in [0, 0.05) is 45.0 Å². The highest BCUT2D eigenvalue weighted by atomic mass is 127. The minimum Gasteiger partial charge on any atom is -0.356 e. The van der Waals surface area contributed by atoms with Gasteiger partial charge in [0.1, 0.15) is 0 Å². The van der Waals surface area contributed by atoms with Gasteiger partial charge in [-0.1, -0.05) is 36.4 Å². The smallest absolute Gasteiger partial charge is 0.224 e. The molecule has 0 saturated heterocycles. The van der Waals surface area contributed by atoms with Gasteiger partial charge in [0.15, 0.2) is 5.96 Å². The molecule has 1 aromatic carbocycles. The van der Waals surface area contributed by atoms with E-state index in [0.29, 0.717) is 19.5 Å². The van der Waals surface area contributed by atoms with E-state index < -0.39 is 0 Å². The van der Waals surface area contributed by atoms with Crippen LogP contribution in [-0.4, -0.2) is 44.0 Å². The Morgan fingerprint density at radius 1 is 1.12 bits per heavy atom. The van der Waals surface area contributed by atoms with Gasteiger partial charge < -0.3 is 15.5 Å². The van der Waals surface area contributed by atoms with Gasteiger partial charge >= 0.3 is 0 Å². The Morgan fingerprint density at radius 2 is 1.85 bits per heavy atom. The summed E-state index contributed by atoms with van der Waals surface area (Å²) in [6.07, 6.45) is 1.41. The molecule has 0 aliphatic carbocycles. The Hall–Kier alpha value is -1.61. The molecule has 0 atom stereocenters. The zero-order valence-corrected chi connectivity index (χ0v) is 18.4. The molecule has 0 fully saturated rings. The average Bonchev–Trinajstić information content (AvgIpc) is 3.14. The van der Waals surface area contributed by atoms with Gasteiger partial charge in [0.05, 0.1) is 0 Å². The maximum Gasteiger partial charge on any atom is 0.224 e. The van der Waals surface area contributed by atoms with Crippen molar-refractivity contribution in [3.8, 4) is 0 Å². The first-order valence-corrected chi connectivity index (χ1v) is 9.32. The third kappa shape index (κ3) is 8.18. The Labute approximate surface area is 176 Å². The van der Waals surface area contributed by atoms with E-state index in [1.807, 2.05) is 37.4 Å². The first-order valence-electron chi connectivity index (χ1n) is 8.44. The summed E-state index contributed by atoms with van der Waals surface area (Å²) >= 11 is 1.76. The maximum atomic E-state index is 12.2. The predicted molar refractivity (Wildman–Crippen MR) is 120 cm³/mol. The van der Waals surface area contributed by atoms with E-state index in [2.05, 4.69) is 33.1 Å². The number of nitrogens with zero attached hydrogens (tertiary/aromatic N) is 2. The molecule has 0 unspecified atom stereocenters. The third-order valence-corrected chi connectivity index (χ3v) is 4.72. The molecule has 1 aromatic heterocycles. The largest absolute Gasteiger partial charge is 0.356 e. The first kappa shape index (κ1) is 22.4. The number of amides is 1. The highest BCUT2D eigenvalue weighted by molar-refractivity contribution is 14.0. The van der Waals surface area contributed by atoms with Gasteiger partial charge in [-0.2, -0.15) is 0 Å². The molecule has 0 saturated carbocycles. The summed E-state index contributed by atoms with van der Waals surface area (Å²) in [5, 5.41) is 8.55. The predicted octanol–water partition coefficient (Wildman–Crippen LogP) is 3.12. The molecule has 7 heteroatoms. The minimum atomic E-state index is 0. The average molecular weight is 486 g/mol. The Bertz CT molecular complexity index is 661. The van der Waals surface area contributed by atoms with E-state index in [-0.39, 0.29) is 29.9 Å². The van der Waals surface area contributed by atoms with E-state index in [9.17, 15) is 4.79 Å². The molecule has 142 valence electrons. The Balaban J connectivity index is 0.00000338. The van der Waals surface area contributed by atoms with Crippen LogP contribution in [0.3, 0.4) is 0 Å². The van der Waals surface area contributed by atoms with Crippen molar-refractivity contribution in [2.75, 3.05) is 27.2 Å². The van der Waals surface area contributed by atoms with Crippen molar-refractivity contribution in [2.45, 2.75) is 19.4 Å². The van der Waals surface area contributed by atoms with Crippen LogP contribution in [0.2, 0.25) is 0 Å². The number of halogens is 1. The number of carbonyl (C=O) groups is 1. The zero-order chi connectivity index (χ0) is 17.9.